The topological polar surface area (TPSA) is 74.0 Å². The Morgan fingerprint density at radius 1 is 1.17 bits per heavy atom. The zero-order valence-electron chi connectivity index (χ0n) is 16.1. The van der Waals surface area contributed by atoms with Gasteiger partial charge in [0.1, 0.15) is 21.6 Å². The Bertz CT molecular complexity index is 1390. The van der Waals surface area contributed by atoms with Crippen molar-refractivity contribution in [2.45, 2.75) is 42.4 Å². The van der Waals surface area contributed by atoms with Crippen molar-refractivity contribution < 1.29 is 4.42 Å². The van der Waals surface area contributed by atoms with E-state index in [2.05, 4.69) is 19.9 Å². The summed E-state index contributed by atoms with van der Waals surface area (Å²) in [6, 6.07) is 11.9. The molecular weight excluding hydrogens is 420 g/mol. The largest absolute Gasteiger partial charge is 0.467 e. The second kappa shape index (κ2) is 6.85. The van der Waals surface area contributed by atoms with Crippen LogP contribution in [0.3, 0.4) is 0 Å². The van der Waals surface area contributed by atoms with Crippen LogP contribution in [-0.2, 0) is 6.54 Å². The van der Waals surface area contributed by atoms with E-state index >= 15 is 0 Å². The molecule has 0 bridgehead atoms. The summed E-state index contributed by atoms with van der Waals surface area (Å²) in [6.45, 7) is 2.49. The normalized spacial score (nSPS) is 14.2. The molecule has 1 aliphatic rings. The molecule has 0 spiro atoms. The lowest BCUT2D eigenvalue weighted by atomic mass is 10.2. The number of aryl methyl sites for hydroxylation is 1. The van der Waals surface area contributed by atoms with Gasteiger partial charge in [0, 0.05) is 11.3 Å². The summed E-state index contributed by atoms with van der Waals surface area (Å²) in [7, 11) is 0. The second-order valence-electron chi connectivity index (χ2n) is 7.45. The van der Waals surface area contributed by atoms with Crippen molar-refractivity contribution in [2.75, 3.05) is 0 Å². The Hall–Kier alpha value is -2.84. The van der Waals surface area contributed by atoms with Gasteiger partial charge in [-0.2, -0.15) is 5.10 Å². The fraction of sp³-hybridized carbons (Fsp3) is 0.238. The molecule has 30 heavy (non-hydrogen) atoms. The Labute approximate surface area is 181 Å². The first kappa shape index (κ1) is 18.0. The third kappa shape index (κ3) is 2.90. The highest BCUT2D eigenvalue weighted by molar-refractivity contribution is 7.99. The smallest absolute Gasteiger partial charge is 0.197 e. The van der Waals surface area contributed by atoms with E-state index in [1.165, 1.54) is 11.8 Å². The van der Waals surface area contributed by atoms with Crippen LogP contribution in [-0.4, -0.2) is 29.4 Å². The van der Waals surface area contributed by atoms with Gasteiger partial charge in [-0.05, 0) is 49.7 Å². The van der Waals surface area contributed by atoms with E-state index < -0.39 is 0 Å². The predicted octanol–water partition coefficient (Wildman–Crippen LogP) is 5.11. The van der Waals surface area contributed by atoms with Crippen molar-refractivity contribution in [3.63, 3.8) is 0 Å². The summed E-state index contributed by atoms with van der Waals surface area (Å²) < 4.78 is 9.53. The average Bonchev–Trinajstić information content (AvgIpc) is 3.20. The van der Waals surface area contributed by atoms with Gasteiger partial charge in [0.2, 0.25) is 0 Å². The second-order valence-corrected chi connectivity index (χ2v) is 8.79. The van der Waals surface area contributed by atoms with E-state index in [1.807, 2.05) is 43.3 Å². The molecule has 4 aromatic heterocycles. The SMILES string of the molecule is Cc1nn2c(nc(Sc3nnc(C4CC4)n3Cc3ccco3)c3ccccc32)c1Cl. The molecule has 0 amide bonds. The number of fused-ring (bicyclic) bond motifs is 3. The highest BCUT2D eigenvalue weighted by Crippen LogP contribution is 2.41. The predicted molar refractivity (Wildman–Crippen MR) is 114 cm³/mol. The minimum atomic E-state index is 0.473. The minimum Gasteiger partial charge on any atom is -0.467 e. The molecule has 6 rings (SSSR count). The van der Waals surface area contributed by atoms with E-state index in [1.54, 1.807) is 10.8 Å². The molecule has 1 saturated carbocycles. The van der Waals surface area contributed by atoms with Crippen LogP contribution < -0.4 is 0 Å². The first-order valence-electron chi connectivity index (χ1n) is 9.76. The molecule has 1 aliphatic carbocycles. The van der Waals surface area contributed by atoms with E-state index in [-0.39, 0.29) is 0 Å². The molecule has 5 aromatic rings. The fourth-order valence-corrected chi connectivity index (χ4v) is 4.74. The van der Waals surface area contributed by atoms with E-state index in [4.69, 9.17) is 21.0 Å². The number of furan rings is 1. The standard InChI is InChI=1S/C21H17ClN6OS/c1-12-17(22)19-23-20(15-6-2-3-7-16(15)28(19)26-12)30-21-25-24-18(13-8-9-13)27(21)11-14-5-4-10-29-14/h2-7,10,13H,8-9,11H2,1H3. The lowest BCUT2D eigenvalue weighted by Gasteiger charge is -2.10. The number of para-hydroxylation sites is 1. The molecule has 0 radical (unpaired) electrons. The molecule has 7 nitrogen and oxygen atoms in total. The maximum absolute atomic E-state index is 6.50. The molecule has 0 aliphatic heterocycles. The van der Waals surface area contributed by atoms with Crippen molar-refractivity contribution in [3.05, 3.63) is 65.0 Å². The number of hydrogen-bond donors (Lipinski definition) is 0. The van der Waals surface area contributed by atoms with Gasteiger partial charge in [0.15, 0.2) is 10.8 Å². The number of rotatable bonds is 5. The number of benzene rings is 1. The molecule has 9 heteroatoms. The summed E-state index contributed by atoms with van der Waals surface area (Å²) >= 11 is 8.00. The van der Waals surface area contributed by atoms with Crippen LogP contribution in [0.4, 0.5) is 0 Å². The molecule has 0 unspecified atom stereocenters. The van der Waals surface area contributed by atoms with Gasteiger partial charge in [-0.3, -0.25) is 4.57 Å². The molecule has 1 aromatic carbocycles. The van der Waals surface area contributed by atoms with Crippen molar-refractivity contribution in [1.29, 1.82) is 0 Å². The van der Waals surface area contributed by atoms with Gasteiger partial charge in [-0.1, -0.05) is 29.8 Å². The summed E-state index contributed by atoms with van der Waals surface area (Å²) in [6.07, 6.45) is 3.99. The van der Waals surface area contributed by atoms with Crippen LogP contribution in [0.25, 0.3) is 16.6 Å². The Kier molecular flexibility index (Phi) is 4.10. The quantitative estimate of drug-likeness (QED) is 0.356. The maximum Gasteiger partial charge on any atom is 0.197 e. The van der Waals surface area contributed by atoms with Gasteiger partial charge in [0.25, 0.3) is 0 Å². The summed E-state index contributed by atoms with van der Waals surface area (Å²) in [4.78, 5) is 4.85. The minimum absolute atomic E-state index is 0.473. The number of nitrogens with zero attached hydrogens (tertiary/aromatic N) is 6. The van der Waals surface area contributed by atoms with Crippen LogP contribution in [0, 0.1) is 6.92 Å². The lowest BCUT2D eigenvalue weighted by molar-refractivity contribution is 0.478. The zero-order chi connectivity index (χ0) is 20.2. The van der Waals surface area contributed by atoms with Crippen molar-refractivity contribution in [1.82, 2.24) is 29.4 Å². The highest BCUT2D eigenvalue weighted by Gasteiger charge is 2.31. The van der Waals surface area contributed by atoms with Crippen LogP contribution >= 0.6 is 23.4 Å². The molecule has 4 heterocycles. The molecule has 0 atom stereocenters. The number of halogens is 1. The van der Waals surface area contributed by atoms with Gasteiger partial charge < -0.3 is 4.42 Å². The monoisotopic (exact) mass is 436 g/mol. The highest BCUT2D eigenvalue weighted by atomic mass is 35.5. The Morgan fingerprint density at radius 3 is 2.83 bits per heavy atom. The average molecular weight is 437 g/mol. The van der Waals surface area contributed by atoms with Crippen molar-refractivity contribution >= 4 is 39.9 Å². The van der Waals surface area contributed by atoms with Crippen molar-refractivity contribution in [2.24, 2.45) is 0 Å². The summed E-state index contributed by atoms with van der Waals surface area (Å²) in [5.74, 6) is 2.36. The van der Waals surface area contributed by atoms with E-state index in [0.717, 1.165) is 51.2 Å². The first-order chi connectivity index (χ1) is 14.7. The maximum atomic E-state index is 6.50. The van der Waals surface area contributed by atoms with Gasteiger partial charge >= 0.3 is 0 Å². The zero-order valence-corrected chi connectivity index (χ0v) is 17.7. The van der Waals surface area contributed by atoms with Crippen LogP contribution in [0.2, 0.25) is 5.02 Å². The van der Waals surface area contributed by atoms with Gasteiger partial charge in [-0.25, -0.2) is 9.50 Å². The third-order valence-corrected chi connectivity index (χ3v) is 6.74. The summed E-state index contributed by atoms with van der Waals surface area (Å²) in [5, 5.41) is 16.8. The number of hydrogen-bond acceptors (Lipinski definition) is 6. The fourth-order valence-electron chi connectivity index (χ4n) is 3.65. The Morgan fingerprint density at radius 2 is 2.03 bits per heavy atom. The summed E-state index contributed by atoms with van der Waals surface area (Å²) in [5.41, 5.74) is 2.36. The van der Waals surface area contributed by atoms with E-state index in [0.29, 0.717) is 23.1 Å². The van der Waals surface area contributed by atoms with E-state index in [9.17, 15) is 0 Å². The first-order valence-corrected chi connectivity index (χ1v) is 11.0. The van der Waals surface area contributed by atoms with Crippen LogP contribution in [0.5, 0.6) is 0 Å². The van der Waals surface area contributed by atoms with Gasteiger partial charge in [0.05, 0.1) is 24.0 Å². The molecular formula is C21H17ClN6OS. The van der Waals surface area contributed by atoms with Gasteiger partial charge in [-0.15, -0.1) is 10.2 Å². The molecule has 0 saturated heterocycles. The van der Waals surface area contributed by atoms with Crippen molar-refractivity contribution in [3.8, 4) is 0 Å². The van der Waals surface area contributed by atoms with Crippen LogP contribution in [0.15, 0.2) is 57.3 Å². The third-order valence-electron chi connectivity index (χ3n) is 5.30. The van der Waals surface area contributed by atoms with Crippen LogP contribution in [0.1, 0.15) is 36.0 Å². The molecule has 1 fully saturated rings. The Balaban J connectivity index is 1.50. The lowest BCUT2D eigenvalue weighted by Crippen LogP contribution is -2.05. The molecule has 0 N–H and O–H groups in total. The number of aromatic nitrogens is 6. The molecule has 150 valence electrons.